The maximum atomic E-state index is 12.8. The SMILES string of the molecule is CSCCC(NC(=O)C(N)CS)C(=O)NC(CC(=O)O)C(=O)NC(Cc1ccc(O)cc1)C(=O)O. The molecule has 1 aromatic carbocycles. The molecule has 0 aliphatic carbocycles. The highest BCUT2D eigenvalue weighted by Crippen LogP contribution is 2.12. The Kier molecular flexibility index (Phi) is 13.0. The molecule has 14 heteroatoms. The van der Waals surface area contributed by atoms with Gasteiger partial charge in [0.15, 0.2) is 0 Å². The summed E-state index contributed by atoms with van der Waals surface area (Å²) in [5.41, 5.74) is 6.12. The third kappa shape index (κ3) is 10.9. The summed E-state index contributed by atoms with van der Waals surface area (Å²) in [7, 11) is 0. The van der Waals surface area contributed by atoms with Gasteiger partial charge in [-0.25, -0.2) is 4.79 Å². The molecule has 35 heavy (non-hydrogen) atoms. The average Bonchev–Trinajstić information content (AvgIpc) is 2.80. The summed E-state index contributed by atoms with van der Waals surface area (Å²) >= 11 is 5.35. The molecule has 194 valence electrons. The van der Waals surface area contributed by atoms with E-state index in [1.54, 1.807) is 6.26 Å². The van der Waals surface area contributed by atoms with Gasteiger partial charge in [0, 0.05) is 12.2 Å². The highest BCUT2D eigenvalue weighted by molar-refractivity contribution is 7.98. The van der Waals surface area contributed by atoms with Gasteiger partial charge in [0.2, 0.25) is 17.7 Å². The number of hydrogen-bond donors (Lipinski definition) is 8. The van der Waals surface area contributed by atoms with Crippen molar-refractivity contribution in [3.63, 3.8) is 0 Å². The van der Waals surface area contributed by atoms with Crippen molar-refractivity contribution in [1.29, 1.82) is 0 Å². The van der Waals surface area contributed by atoms with Gasteiger partial charge in [0.1, 0.15) is 23.9 Å². The van der Waals surface area contributed by atoms with Crippen LogP contribution in [0.5, 0.6) is 5.75 Å². The number of benzene rings is 1. The summed E-state index contributed by atoms with van der Waals surface area (Å²) in [6.45, 7) is 0. The van der Waals surface area contributed by atoms with Gasteiger partial charge in [-0.05, 0) is 36.1 Å². The predicted molar refractivity (Wildman–Crippen MR) is 132 cm³/mol. The molecule has 0 aliphatic rings. The maximum absolute atomic E-state index is 12.8. The van der Waals surface area contributed by atoms with Crippen LogP contribution in [-0.4, -0.2) is 86.9 Å². The molecule has 0 aliphatic heterocycles. The van der Waals surface area contributed by atoms with Gasteiger partial charge in [-0.15, -0.1) is 0 Å². The molecule has 4 atom stereocenters. The number of amides is 3. The first-order valence-electron chi connectivity index (χ1n) is 10.5. The van der Waals surface area contributed by atoms with Crippen LogP contribution in [0.1, 0.15) is 18.4 Å². The number of nitrogens with one attached hydrogen (secondary N) is 3. The van der Waals surface area contributed by atoms with Gasteiger partial charge in [-0.2, -0.15) is 24.4 Å². The molecule has 12 nitrogen and oxygen atoms in total. The number of carbonyl (C=O) groups excluding carboxylic acids is 3. The van der Waals surface area contributed by atoms with Crippen LogP contribution in [-0.2, 0) is 30.4 Å². The van der Waals surface area contributed by atoms with E-state index in [9.17, 15) is 39.3 Å². The summed E-state index contributed by atoms with van der Waals surface area (Å²) in [5, 5.41) is 35.1. The monoisotopic (exact) mass is 530 g/mol. The van der Waals surface area contributed by atoms with Crippen LogP contribution in [0.2, 0.25) is 0 Å². The molecular formula is C21H30N4O8S2. The van der Waals surface area contributed by atoms with Crippen LogP contribution in [0.25, 0.3) is 0 Å². The minimum absolute atomic E-state index is 0.0210. The molecule has 0 heterocycles. The minimum Gasteiger partial charge on any atom is -0.508 e. The second-order valence-corrected chi connectivity index (χ2v) is 8.91. The fraction of sp³-hybridized carbons (Fsp3) is 0.476. The van der Waals surface area contributed by atoms with Gasteiger partial charge in [0.25, 0.3) is 0 Å². The average molecular weight is 531 g/mol. The molecule has 4 unspecified atom stereocenters. The van der Waals surface area contributed by atoms with E-state index in [-0.39, 0.29) is 24.3 Å². The standard InChI is InChI=1S/C21H30N4O8S2/c1-35-7-6-14(23-18(29)13(22)10-34)19(30)24-15(9-17(27)28)20(31)25-16(21(32)33)8-11-2-4-12(26)5-3-11/h2-5,13-16,26,34H,6-10,22H2,1H3,(H,23,29)(H,24,30)(H,25,31)(H,27,28)(H,32,33). The molecule has 0 spiro atoms. The Bertz CT molecular complexity index is 900. The van der Waals surface area contributed by atoms with E-state index < -0.39 is 60.2 Å². The number of carboxylic acid groups (broad SMARTS) is 2. The quantitative estimate of drug-likeness (QED) is 0.129. The molecule has 0 bridgehead atoms. The molecule has 1 aromatic rings. The van der Waals surface area contributed by atoms with Crippen LogP contribution in [0.3, 0.4) is 0 Å². The highest BCUT2D eigenvalue weighted by Gasteiger charge is 2.31. The van der Waals surface area contributed by atoms with Crippen LogP contribution < -0.4 is 21.7 Å². The zero-order valence-corrected chi connectivity index (χ0v) is 20.7. The van der Waals surface area contributed by atoms with Crippen LogP contribution >= 0.6 is 24.4 Å². The van der Waals surface area contributed by atoms with Crippen LogP contribution in [0.15, 0.2) is 24.3 Å². The molecule has 3 amide bonds. The molecule has 1 rings (SSSR count). The van der Waals surface area contributed by atoms with Crippen molar-refractivity contribution in [2.24, 2.45) is 5.73 Å². The van der Waals surface area contributed by atoms with E-state index in [2.05, 4.69) is 28.6 Å². The van der Waals surface area contributed by atoms with E-state index in [0.717, 1.165) is 0 Å². The topological polar surface area (TPSA) is 208 Å². The number of nitrogens with two attached hydrogens (primary N) is 1. The summed E-state index contributed by atoms with van der Waals surface area (Å²) < 4.78 is 0. The lowest BCUT2D eigenvalue weighted by atomic mass is 10.0. The summed E-state index contributed by atoms with van der Waals surface area (Å²) in [6.07, 6.45) is 1.00. The fourth-order valence-electron chi connectivity index (χ4n) is 2.86. The lowest BCUT2D eigenvalue weighted by Crippen LogP contribution is -2.58. The molecule has 0 saturated heterocycles. The van der Waals surface area contributed by atoms with E-state index in [1.165, 1.54) is 36.0 Å². The number of rotatable bonds is 15. The first kappa shape index (κ1) is 30.1. The Morgan fingerprint density at radius 1 is 0.943 bits per heavy atom. The molecular weight excluding hydrogens is 500 g/mol. The Morgan fingerprint density at radius 3 is 2.00 bits per heavy atom. The van der Waals surface area contributed by atoms with Crippen LogP contribution in [0, 0.1) is 0 Å². The number of aromatic hydroxyl groups is 1. The zero-order valence-electron chi connectivity index (χ0n) is 19.0. The van der Waals surface area contributed by atoms with Crippen molar-refractivity contribution in [3.8, 4) is 5.75 Å². The van der Waals surface area contributed by atoms with E-state index in [4.69, 9.17) is 5.73 Å². The summed E-state index contributed by atoms with van der Waals surface area (Å²) in [5.74, 6) is -4.77. The molecule has 0 saturated carbocycles. The second kappa shape index (κ2) is 15.1. The number of carbonyl (C=O) groups is 5. The number of thioether (sulfide) groups is 1. The minimum atomic E-state index is -1.60. The van der Waals surface area contributed by atoms with Gasteiger partial charge in [-0.3, -0.25) is 19.2 Å². The Labute approximate surface area is 211 Å². The largest absolute Gasteiger partial charge is 0.508 e. The number of aliphatic carboxylic acids is 2. The zero-order chi connectivity index (χ0) is 26.5. The van der Waals surface area contributed by atoms with E-state index >= 15 is 0 Å². The molecule has 8 N–H and O–H groups in total. The lowest BCUT2D eigenvalue weighted by molar-refractivity contribution is -0.143. The van der Waals surface area contributed by atoms with E-state index in [1.807, 2.05) is 0 Å². The molecule has 0 fully saturated rings. The smallest absolute Gasteiger partial charge is 0.326 e. The number of thiol groups is 1. The van der Waals surface area contributed by atoms with Gasteiger partial charge >= 0.3 is 11.9 Å². The van der Waals surface area contributed by atoms with Gasteiger partial charge in [-0.1, -0.05) is 12.1 Å². The predicted octanol–water partition coefficient (Wildman–Crippen LogP) is -1.04. The second-order valence-electron chi connectivity index (χ2n) is 7.56. The van der Waals surface area contributed by atoms with E-state index in [0.29, 0.717) is 11.3 Å². The number of hydrogen-bond acceptors (Lipinski definition) is 9. The molecule has 0 aromatic heterocycles. The number of phenols is 1. The van der Waals surface area contributed by atoms with Gasteiger partial charge < -0.3 is 37.0 Å². The third-order valence-corrected chi connectivity index (χ3v) is 5.82. The van der Waals surface area contributed by atoms with Gasteiger partial charge in [0.05, 0.1) is 12.5 Å². The highest BCUT2D eigenvalue weighted by atomic mass is 32.2. The third-order valence-electron chi connectivity index (χ3n) is 4.78. The van der Waals surface area contributed by atoms with Crippen molar-refractivity contribution in [2.45, 2.75) is 43.4 Å². The summed E-state index contributed by atoms with van der Waals surface area (Å²) in [4.78, 5) is 60.7. The van der Waals surface area contributed by atoms with Crippen molar-refractivity contribution >= 4 is 54.1 Å². The fourth-order valence-corrected chi connectivity index (χ4v) is 3.50. The first-order chi connectivity index (χ1) is 16.5. The van der Waals surface area contributed by atoms with Crippen molar-refractivity contribution in [1.82, 2.24) is 16.0 Å². The van der Waals surface area contributed by atoms with Crippen molar-refractivity contribution in [3.05, 3.63) is 29.8 Å². The molecule has 0 radical (unpaired) electrons. The first-order valence-corrected chi connectivity index (χ1v) is 12.5. The van der Waals surface area contributed by atoms with Crippen molar-refractivity contribution < 1.29 is 39.3 Å². The lowest BCUT2D eigenvalue weighted by Gasteiger charge is -2.24. The normalized spacial score (nSPS) is 14.1. The summed E-state index contributed by atoms with van der Waals surface area (Å²) in [6, 6.07) is 0.549. The maximum Gasteiger partial charge on any atom is 0.326 e. The van der Waals surface area contributed by atoms with Crippen LogP contribution in [0.4, 0.5) is 0 Å². The Morgan fingerprint density at radius 2 is 1.49 bits per heavy atom. The number of carboxylic acids is 2. The Hall–Kier alpha value is -2.97. The number of phenolic OH excluding ortho intramolecular Hbond substituents is 1. The van der Waals surface area contributed by atoms with Crippen molar-refractivity contribution in [2.75, 3.05) is 17.8 Å². The Balaban J connectivity index is 2.99.